The van der Waals surface area contributed by atoms with E-state index in [2.05, 4.69) is 22.8 Å². The minimum absolute atomic E-state index is 0.0266. The average molecular weight is 485 g/mol. The summed E-state index contributed by atoms with van der Waals surface area (Å²) in [6, 6.07) is 11.6. The summed E-state index contributed by atoms with van der Waals surface area (Å²) in [7, 11) is 1.61. The first-order valence-electron chi connectivity index (χ1n) is 11.0. The van der Waals surface area contributed by atoms with Gasteiger partial charge in [0.1, 0.15) is 12.3 Å². The molecule has 2 bridgehead atoms. The lowest BCUT2D eigenvalue weighted by Gasteiger charge is -2.40. The van der Waals surface area contributed by atoms with Crippen LogP contribution in [0.5, 0.6) is 5.75 Å². The zero-order valence-electron chi connectivity index (χ0n) is 17.7. The fourth-order valence-electron chi connectivity index (χ4n) is 5.89. The van der Waals surface area contributed by atoms with Crippen molar-refractivity contribution in [2.45, 2.75) is 42.0 Å². The van der Waals surface area contributed by atoms with E-state index in [4.69, 9.17) is 4.74 Å². The summed E-state index contributed by atoms with van der Waals surface area (Å²) in [5.41, 5.74) is 0.699. The molecule has 1 amide bonds. The van der Waals surface area contributed by atoms with Crippen molar-refractivity contribution >= 4 is 46.0 Å². The van der Waals surface area contributed by atoms with Crippen LogP contribution in [0.1, 0.15) is 34.9 Å². The van der Waals surface area contributed by atoms with Gasteiger partial charge < -0.3 is 10.1 Å². The molecule has 0 spiro atoms. The van der Waals surface area contributed by atoms with Crippen LogP contribution in [0.3, 0.4) is 0 Å². The number of thiazole rings is 1. The maximum Gasteiger partial charge on any atom is 0.308 e. The van der Waals surface area contributed by atoms with Crippen molar-refractivity contribution in [1.82, 2.24) is 4.57 Å². The molecule has 3 aliphatic rings. The molecule has 2 aromatic heterocycles. The van der Waals surface area contributed by atoms with Crippen LogP contribution in [0, 0.1) is 17.8 Å². The van der Waals surface area contributed by atoms with E-state index in [1.807, 2.05) is 36.0 Å². The maximum atomic E-state index is 13.1. The summed E-state index contributed by atoms with van der Waals surface area (Å²) < 4.78 is 6.89. The van der Waals surface area contributed by atoms with Gasteiger partial charge in [0.05, 0.1) is 12.1 Å². The normalized spacial score (nSPS) is 27.7. The molecule has 0 unspecified atom stereocenters. The van der Waals surface area contributed by atoms with Crippen LogP contribution < -0.4 is 14.9 Å². The number of hydrogen-bond donors (Lipinski definition) is 1. The van der Waals surface area contributed by atoms with Crippen LogP contribution in [0.25, 0.3) is 0 Å². The number of nitrogens with one attached hydrogen (secondary N) is 1. The summed E-state index contributed by atoms with van der Waals surface area (Å²) in [5.74, 6) is 2.98. The molecule has 1 aliphatic heterocycles. The van der Waals surface area contributed by atoms with Crippen LogP contribution in [0.15, 0.2) is 51.6 Å². The minimum Gasteiger partial charge on any atom is -0.497 e. The van der Waals surface area contributed by atoms with Crippen LogP contribution >= 0.6 is 34.4 Å². The van der Waals surface area contributed by atoms with Crippen LogP contribution in [-0.4, -0.2) is 22.8 Å². The number of nitrogens with zero attached hydrogens (tertiary/aromatic N) is 1. The highest BCUT2D eigenvalue weighted by atomic mass is 32.2. The van der Waals surface area contributed by atoms with E-state index >= 15 is 0 Å². The highest BCUT2D eigenvalue weighted by Crippen LogP contribution is 2.64. The molecular weight excluding hydrogens is 460 g/mol. The number of hydrogen-bond acceptors (Lipinski definition) is 6. The number of thioether (sulfide) groups is 1. The monoisotopic (exact) mass is 484 g/mol. The van der Waals surface area contributed by atoms with E-state index < -0.39 is 0 Å². The fraction of sp³-hybridized carbons (Fsp3) is 0.417. The van der Waals surface area contributed by atoms with E-state index in [9.17, 15) is 9.59 Å². The molecule has 3 heterocycles. The third kappa shape index (κ3) is 3.35. The van der Waals surface area contributed by atoms with Gasteiger partial charge in [-0.15, -0.1) is 23.1 Å². The number of benzene rings is 1. The number of carbonyl (C=O) groups excluding carboxylic acids is 1. The number of fused-ring (bicyclic) bond motifs is 6. The van der Waals surface area contributed by atoms with Gasteiger partial charge in [-0.3, -0.25) is 14.2 Å². The van der Waals surface area contributed by atoms with Crippen molar-refractivity contribution in [3.63, 3.8) is 0 Å². The molecule has 0 radical (unpaired) electrons. The van der Waals surface area contributed by atoms with Gasteiger partial charge >= 0.3 is 4.87 Å². The Morgan fingerprint density at radius 3 is 2.75 bits per heavy atom. The second kappa shape index (κ2) is 8.08. The third-order valence-corrected chi connectivity index (χ3v) is 11.0. The molecule has 8 heteroatoms. The third-order valence-electron chi connectivity index (χ3n) is 7.22. The smallest absolute Gasteiger partial charge is 0.308 e. The van der Waals surface area contributed by atoms with E-state index in [-0.39, 0.29) is 17.3 Å². The molecule has 2 saturated carbocycles. The Hall–Kier alpha value is -2.03. The van der Waals surface area contributed by atoms with E-state index in [1.165, 1.54) is 40.4 Å². The Balaban J connectivity index is 1.32. The standard InChI is InChI=1S/C24H24N2O3S3/c1-29-16-8-6-15(7-9-16)25-18(27)12-26-23-22(32-24(26)28)20(17-3-2-10-30-17)19-13-4-5-14(11-13)21(19)31-23/h2-3,6-10,13-14,19-21H,4-5,11-12H2,1H3,(H,25,27)/t13-,14-,19-,20+,21+/m0/s1. The molecule has 1 N–H and O–H groups in total. The summed E-state index contributed by atoms with van der Waals surface area (Å²) >= 11 is 5.02. The number of anilines is 1. The Morgan fingerprint density at radius 1 is 1.19 bits per heavy atom. The van der Waals surface area contributed by atoms with Crippen molar-refractivity contribution in [3.8, 4) is 5.75 Å². The van der Waals surface area contributed by atoms with Gasteiger partial charge in [0.2, 0.25) is 5.91 Å². The minimum atomic E-state index is -0.179. The Labute approximate surface area is 198 Å². The zero-order chi connectivity index (χ0) is 21.8. The van der Waals surface area contributed by atoms with Crippen molar-refractivity contribution < 1.29 is 9.53 Å². The first-order valence-corrected chi connectivity index (χ1v) is 13.6. The lowest BCUT2D eigenvalue weighted by Crippen LogP contribution is -2.34. The Bertz CT molecular complexity index is 1200. The molecule has 2 aliphatic carbocycles. The zero-order valence-corrected chi connectivity index (χ0v) is 20.1. The van der Waals surface area contributed by atoms with Gasteiger partial charge in [0, 0.05) is 26.6 Å². The maximum absolute atomic E-state index is 13.1. The van der Waals surface area contributed by atoms with Gasteiger partial charge in [0.15, 0.2) is 0 Å². The SMILES string of the molecule is COc1ccc(NC(=O)Cn2c3c(sc2=O)[C@H](c2cccs2)[C@@H]2[C@H]4CC[C@@H](C4)[C@H]2S3)cc1. The second-order valence-electron chi connectivity index (χ2n) is 8.89. The summed E-state index contributed by atoms with van der Waals surface area (Å²) in [5, 5.41) is 6.64. The van der Waals surface area contributed by atoms with Gasteiger partial charge in [-0.25, -0.2) is 0 Å². The quantitative estimate of drug-likeness (QED) is 0.536. The molecule has 32 heavy (non-hydrogen) atoms. The number of aromatic nitrogens is 1. The number of methoxy groups -OCH3 is 1. The van der Waals surface area contributed by atoms with Gasteiger partial charge in [-0.05, 0) is 72.7 Å². The summed E-state index contributed by atoms with van der Waals surface area (Å²) in [6.07, 6.45) is 3.95. The molecule has 3 aromatic rings. The summed E-state index contributed by atoms with van der Waals surface area (Å²) in [4.78, 5) is 28.4. The van der Waals surface area contributed by atoms with Gasteiger partial charge in [-0.2, -0.15) is 0 Å². The molecule has 166 valence electrons. The van der Waals surface area contributed by atoms with Gasteiger partial charge in [0.25, 0.3) is 0 Å². The molecule has 5 nitrogen and oxygen atoms in total. The first kappa shape index (κ1) is 20.6. The molecule has 5 atom stereocenters. The Kier molecular flexibility index (Phi) is 5.19. The predicted octanol–water partition coefficient (Wildman–Crippen LogP) is 5.27. The van der Waals surface area contributed by atoms with Gasteiger partial charge in [-0.1, -0.05) is 17.4 Å². The Morgan fingerprint density at radius 2 is 2.00 bits per heavy atom. The van der Waals surface area contributed by atoms with Crippen LogP contribution in [-0.2, 0) is 11.3 Å². The highest BCUT2D eigenvalue weighted by Gasteiger charge is 2.55. The molecule has 0 saturated heterocycles. The average Bonchev–Trinajstić information content (AvgIpc) is 3.59. The fourth-order valence-corrected chi connectivity index (χ4v) is 10.0. The largest absolute Gasteiger partial charge is 0.497 e. The highest BCUT2D eigenvalue weighted by molar-refractivity contribution is 8.00. The van der Waals surface area contributed by atoms with Crippen molar-refractivity contribution in [2.75, 3.05) is 12.4 Å². The summed E-state index contributed by atoms with van der Waals surface area (Å²) in [6.45, 7) is 0.0480. The van der Waals surface area contributed by atoms with E-state index in [0.717, 1.165) is 22.6 Å². The van der Waals surface area contributed by atoms with E-state index in [1.54, 1.807) is 23.0 Å². The number of amides is 1. The lowest BCUT2D eigenvalue weighted by atomic mass is 9.77. The molecule has 2 fully saturated rings. The second-order valence-corrected chi connectivity index (χ2v) is 12.0. The van der Waals surface area contributed by atoms with Crippen molar-refractivity contribution in [2.24, 2.45) is 17.8 Å². The molecule has 1 aromatic carbocycles. The van der Waals surface area contributed by atoms with Crippen molar-refractivity contribution in [3.05, 3.63) is 61.2 Å². The molecular formula is C24H24N2O3S3. The predicted molar refractivity (Wildman–Crippen MR) is 130 cm³/mol. The number of rotatable bonds is 5. The van der Waals surface area contributed by atoms with E-state index in [0.29, 0.717) is 22.8 Å². The molecule has 6 rings (SSSR count). The lowest BCUT2D eigenvalue weighted by molar-refractivity contribution is -0.116. The number of carbonyl (C=O) groups is 1. The first-order chi connectivity index (χ1) is 15.6. The number of thiophene rings is 1. The van der Waals surface area contributed by atoms with Crippen LogP contribution in [0.4, 0.5) is 5.69 Å². The van der Waals surface area contributed by atoms with Crippen molar-refractivity contribution in [1.29, 1.82) is 0 Å². The van der Waals surface area contributed by atoms with Crippen LogP contribution in [0.2, 0.25) is 0 Å². The number of ether oxygens (including phenoxy) is 1. The topological polar surface area (TPSA) is 60.3 Å².